The van der Waals surface area contributed by atoms with Crippen LogP contribution in [0, 0.1) is 11.3 Å². The Morgan fingerprint density at radius 1 is 0.569 bits per heavy atom. The van der Waals surface area contributed by atoms with E-state index in [-0.39, 0.29) is 89.6 Å². The Morgan fingerprint density at radius 2 is 1.12 bits per heavy atom. The molecule has 0 bridgehead atoms. The molecule has 2 fully saturated rings. The number of thioether (sulfide) groups is 1. The first kappa shape index (κ1) is 102. The average molecular weight is 1830 g/mol. The fourth-order valence-electron chi connectivity index (χ4n) is 15.1. The molecule has 2 aliphatic rings. The second-order valence-electron chi connectivity index (χ2n) is 32.6. The van der Waals surface area contributed by atoms with Gasteiger partial charge in [-0.2, -0.15) is 0 Å². The Bertz CT molecular complexity index is 4990. The summed E-state index contributed by atoms with van der Waals surface area (Å²) in [5.41, 5.74) is 19.8. The van der Waals surface area contributed by atoms with Gasteiger partial charge in [0.25, 0.3) is 0 Å². The number of amides is 16. The molecule has 13 atom stereocenters. The number of aliphatic hydroxyl groups is 2. The summed E-state index contributed by atoms with van der Waals surface area (Å²) in [7, 11) is 3.72. The van der Waals surface area contributed by atoms with E-state index in [4.69, 9.17) is 22.6 Å². The molecule has 3 aromatic carbocycles. The Labute approximate surface area is 754 Å². The van der Waals surface area contributed by atoms with Crippen molar-refractivity contribution < 1.29 is 91.7 Å². The second-order valence-corrected chi connectivity index (χ2v) is 33.6. The number of benzene rings is 3. The van der Waals surface area contributed by atoms with Crippen molar-refractivity contribution >= 4 is 140 Å². The number of aromatic amines is 3. The summed E-state index contributed by atoms with van der Waals surface area (Å²) in [6.45, 7) is 2.21. The molecule has 43 nitrogen and oxygen atoms in total. The molecule has 6 aromatic rings. The predicted molar refractivity (Wildman–Crippen MR) is 477 cm³/mol. The lowest BCUT2D eigenvalue weighted by atomic mass is 10.0. The molecule has 24 N–H and O–H groups in total. The number of H-pyrrole nitrogens is 3. The molecule has 5 heterocycles. The van der Waals surface area contributed by atoms with E-state index in [2.05, 4.69) is 83.7 Å². The zero-order chi connectivity index (χ0) is 95.0. The number of hydrogen-bond donors (Lipinski definition) is 21. The SMILES string of the molecule is CCCC[C@H]1C(=O)N[C@@H](CCCNC(=N)N)C(=O)N[C@H](C(=O)NCC(N)=O)CSCC(=O)N[C@@H](Cc2ccccc2)C(=O)N(C)[C@@H](C)C(=O)N[C@@H](CC(=O)CN)C(=O)N2CCC[C@H]2C(=O)N[C@@H](Cc2cnc[nH]2)C(=O)N[C@@H](CC(C)C)C(=O)N(C)CC(=O)N[C@@H](Cc2c[nH]c3ccccc23)C(=O)N[C@@H](CO)C(=O)N[C@@H](Cc2c[nH]c3ccccc23)C(=O)N[C@@H](CO)C(=O)N1C. The Kier molecular flexibility index (Phi) is 39.1. The summed E-state index contributed by atoms with van der Waals surface area (Å²) in [6, 6.07) is 1.72. The largest absolute Gasteiger partial charge is 0.394 e. The van der Waals surface area contributed by atoms with Crippen molar-refractivity contribution in [1.82, 2.24) is 103 Å². The van der Waals surface area contributed by atoms with Gasteiger partial charge in [-0.25, -0.2) is 4.98 Å². The van der Waals surface area contributed by atoms with Gasteiger partial charge >= 0.3 is 0 Å². The summed E-state index contributed by atoms with van der Waals surface area (Å²) in [5, 5.41) is 62.2. The van der Waals surface area contributed by atoms with E-state index < -0.39 is 236 Å². The van der Waals surface area contributed by atoms with Crippen LogP contribution in [0.1, 0.15) is 108 Å². The van der Waals surface area contributed by atoms with E-state index in [0.717, 1.165) is 31.4 Å². The van der Waals surface area contributed by atoms with Crippen molar-refractivity contribution in [3.8, 4) is 0 Å². The highest BCUT2D eigenvalue weighted by atomic mass is 32.2. The minimum Gasteiger partial charge on any atom is -0.394 e. The fourth-order valence-corrected chi connectivity index (χ4v) is 16.0. The molecule has 0 saturated carbocycles. The smallest absolute Gasteiger partial charge is 0.247 e. The van der Waals surface area contributed by atoms with Crippen molar-refractivity contribution in [2.45, 2.75) is 190 Å². The van der Waals surface area contributed by atoms with E-state index in [1.807, 2.05) is 0 Å². The number of ketones is 1. The van der Waals surface area contributed by atoms with Gasteiger partial charge in [0.1, 0.15) is 84.3 Å². The van der Waals surface area contributed by atoms with Crippen molar-refractivity contribution in [3.63, 3.8) is 0 Å². The van der Waals surface area contributed by atoms with E-state index in [1.165, 1.54) is 40.6 Å². The van der Waals surface area contributed by atoms with Gasteiger partial charge in [0.05, 0.1) is 44.9 Å². The number of aliphatic hydroxyl groups excluding tert-OH is 2. The molecule has 16 amide bonds. The molecule has 8 rings (SSSR count). The number of para-hydroxylation sites is 2. The molecule has 130 heavy (non-hydrogen) atoms. The molecule has 0 spiro atoms. The summed E-state index contributed by atoms with van der Waals surface area (Å²) < 4.78 is 0. The van der Waals surface area contributed by atoms with Gasteiger partial charge in [-0.1, -0.05) is 100 Å². The maximum atomic E-state index is 15.0. The lowest BCUT2D eigenvalue weighted by molar-refractivity contribution is -0.145. The number of fused-ring (bicyclic) bond motifs is 3. The van der Waals surface area contributed by atoms with Crippen molar-refractivity contribution in [3.05, 3.63) is 126 Å². The third-order valence-electron chi connectivity index (χ3n) is 22.3. The van der Waals surface area contributed by atoms with Crippen LogP contribution in [0.4, 0.5) is 0 Å². The number of nitrogens with one attached hydrogen (secondary N) is 16. The Balaban J connectivity index is 1.16. The molecule has 0 radical (unpaired) electrons. The van der Waals surface area contributed by atoms with Gasteiger partial charge in [0.15, 0.2) is 5.96 Å². The number of nitrogens with zero attached hydrogens (tertiary/aromatic N) is 5. The monoisotopic (exact) mass is 1820 g/mol. The van der Waals surface area contributed by atoms with E-state index >= 15 is 4.79 Å². The highest BCUT2D eigenvalue weighted by molar-refractivity contribution is 8.00. The molecule has 2 saturated heterocycles. The van der Waals surface area contributed by atoms with E-state index in [1.54, 1.807) is 112 Å². The number of unbranched alkanes of at least 4 members (excludes halogenated alkanes) is 1. The first-order chi connectivity index (χ1) is 62.0. The molecule has 0 aliphatic carbocycles. The van der Waals surface area contributed by atoms with Crippen molar-refractivity contribution in [2.75, 3.05) is 78.6 Å². The van der Waals surface area contributed by atoms with E-state index in [0.29, 0.717) is 50.6 Å². The molecular weight excluding hydrogens is 1710 g/mol. The number of carbonyl (C=O) groups is 17. The van der Waals surface area contributed by atoms with Gasteiger partial charge in [-0.15, -0.1) is 11.8 Å². The predicted octanol–water partition coefficient (Wildman–Crippen LogP) is -4.64. The van der Waals surface area contributed by atoms with E-state index in [9.17, 15) is 86.9 Å². The topological polar surface area (TPSA) is 650 Å². The summed E-state index contributed by atoms with van der Waals surface area (Å²) in [5.74, 6) is -17.7. The number of hydrogen-bond acceptors (Lipinski definition) is 23. The second kappa shape index (κ2) is 49.8. The summed E-state index contributed by atoms with van der Waals surface area (Å²) >= 11 is 0.772. The standard InChI is InChI=1S/C86H120N24O19S/c1-8-9-26-68-80(124)99-58(25-17-28-92-86(89)90)75(119)106-67(74(118)95-40-70(88)114)44-130-45-72(116)98-63(31-49-19-11-10-12-20-49)83(127)108(6)48(4)73(117)102-64(35-53(113)36-87)85(129)110-29-18-27-69(110)81(125)101-61(34-52-39-91-46-96-52)78(122)103-62(30-47(2)3)82(126)107(5)41-71(115)97-59(32-50-37-93-56-23-15-13-21-54(50)56)76(120)104-65(42-111)79(123)100-60(77(121)105-66(43-112)84(128)109(68)7)33-51-38-94-57-24-16-14-22-55(51)57/h10-16,19-24,37-39,46-48,58-69,93-94,111-112H,8-9,17-18,25-36,40-45,87H2,1-7H3,(H2,88,114)(H,91,96)(H,95,118)(H,97,115)(H,98,116)(H,99,124)(H,100,123)(H,101,125)(H,102,117)(H,103,122)(H,104,120)(H,105,121)(H,106,119)(H4,89,90,92)/t48-,58-,59-,60-,61-,62-,63-,64-,65-,66-,67-,68-,69-/m0/s1. The third kappa shape index (κ3) is 29.6. The first-order valence-corrected chi connectivity index (χ1v) is 44.1. The van der Waals surface area contributed by atoms with Crippen LogP contribution >= 0.6 is 11.8 Å². The number of guanidine groups is 1. The molecule has 3 aromatic heterocycles. The zero-order valence-corrected chi connectivity index (χ0v) is 74.5. The summed E-state index contributed by atoms with van der Waals surface area (Å²) in [4.78, 5) is 264. The number of primary amides is 1. The minimum atomic E-state index is -1.90. The number of likely N-dealkylation sites (N-methyl/N-ethyl adjacent to an activating group) is 3. The molecular formula is C86H120N24O19S. The minimum absolute atomic E-state index is 0.0162. The lowest BCUT2D eigenvalue weighted by Gasteiger charge is -2.32. The van der Waals surface area contributed by atoms with Gasteiger partial charge in [0, 0.05) is 118 Å². The van der Waals surface area contributed by atoms with Crippen LogP contribution in [0.25, 0.3) is 21.8 Å². The Hall–Kier alpha value is -13.4. The third-order valence-corrected chi connectivity index (χ3v) is 23.3. The maximum absolute atomic E-state index is 15.0. The lowest BCUT2D eigenvalue weighted by Crippen LogP contribution is -2.61. The Morgan fingerprint density at radius 3 is 1.71 bits per heavy atom. The fraction of sp³-hybridized carbons (Fsp3) is 0.500. The van der Waals surface area contributed by atoms with Gasteiger partial charge in [0.2, 0.25) is 94.5 Å². The van der Waals surface area contributed by atoms with Crippen LogP contribution in [0.2, 0.25) is 0 Å². The summed E-state index contributed by atoms with van der Waals surface area (Å²) in [6.07, 6.45) is 4.73. The molecule has 2 aliphatic heterocycles. The molecule has 0 unspecified atom stereocenters. The number of Topliss-reactive ketones (excluding diaryl/α,β-unsaturated/α-hetero) is 1. The first-order valence-electron chi connectivity index (χ1n) is 42.9. The average Bonchev–Trinajstić information content (AvgIpc) is 1.34. The van der Waals surface area contributed by atoms with Gasteiger partial charge in [-0.05, 0) is 80.2 Å². The quantitative estimate of drug-likeness (QED) is 0.0146. The van der Waals surface area contributed by atoms with Crippen LogP contribution in [0.5, 0.6) is 0 Å². The van der Waals surface area contributed by atoms with Crippen molar-refractivity contribution in [2.24, 2.45) is 23.1 Å². The van der Waals surface area contributed by atoms with Crippen LogP contribution in [0.3, 0.4) is 0 Å². The van der Waals surface area contributed by atoms with Gasteiger partial charge < -0.3 is 126 Å². The molecule has 44 heteroatoms. The van der Waals surface area contributed by atoms with Crippen molar-refractivity contribution in [1.29, 1.82) is 5.41 Å². The zero-order valence-electron chi connectivity index (χ0n) is 73.7. The van der Waals surface area contributed by atoms with Crippen LogP contribution < -0.4 is 81.0 Å². The number of imidazole rings is 1. The number of carbonyl (C=O) groups excluding carboxylic acids is 17. The number of aromatic nitrogens is 4. The highest BCUT2D eigenvalue weighted by Gasteiger charge is 2.43. The van der Waals surface area contributed by atoms with Crippen LogP contribution in [-0.2, 0) is 107 Å². The highest BCUT2D eigenvalue weighted by Crippen LogP contribution is 2.25. The van der Waals surface area contributed by atoms with Crippen LogP contribution in [-0.4, -0.2) is 313 Å². The van der Waals surface area contributed by atoms with Crippen LogP contribution in [0.15, 0.2) is 104 Å². The number of nitrogens with two attached hydrogens (primary N) is 3. The number of rotatable bonds is 25. The maximum Gasteiger partial charge on any atom is 0.247 e. The van der Waals surface area contributed by atoms with Gasteiger partial charge in [-0.3, -0.25) is 86.9 Å². The molecule has 704 valence electrons. The normalized spacial score (nSPS) is 23.6.